The first-order valence-corrected chi connectivity index (χ1v) is 7.63. The maximum Gasteiger partial charge on any atom is 0.0544 e. The fourth-order valence-corrected chi connectivity index (χ4v) is 3.92. The van der Waals surface area contributed by atoms with Gasteiger partial charge in [-0.1, -0.05) is 20.8 Å². The highest BCUT2D eigenvalue weighted by molar-refractivity contribution is 9.10. The fraction of sp³-hybridized carbons (Fsp3) is 0.600. The van der Waals surface area contributed by atoms with E-state index >= 15 is 0 Å². The smallest absolute Gasteiger partial charge is 0.0544 e. The monoisotopic (exact) mass is 310 g/mol. The van der Waals surface area contributed by atoms with Crippen molar-refractivity contribution in [2.75, 3.05) is 23.7 Å². The van der Waals surface area contributed by atoms with Crippen molar-refractivity contribution in [3.63, 3.8) is 0 Å². The molecular formula is C15H23BrN2. The summed E-state index contributed by atoms with van der Waals surface area (Å²) in [5.41, 5.74) is 9.49. The number of aryl methyl sites for hydroxylation is 1. The highest BCUT2D eigenvalue weighted by atomic mass is 79.9. The van der Waals surface area contributed by atoms with Gasteiger partial charge in [-0.2, -0.15) is 0 Å². The van der Waals surface area contributed by atoms with E-state index in [1.54, 1.807) is 0 Å². The summed E-state index contributed by atoms with van der Waals surface area (Å²) in [6.07, 6.45) is 2.36. The van der Waals surface area contributed by atoms with Gasteiger partial charge in [0, 0.05) is 23.2 Å². The van der Waals surface area contributed by atoms with Gasteiger partial charge in [-0.3, -0.25) is 0 Å². The van der Waals surface area contributed by atoms with Crippen LogP contribution < -0.4 is 10.6 Å². The van der Waals surface area contributed by atoms with Crippen molar-refractivity contribution in [1.29, 1.82) is 0 Å². The molecule has 0 radical (unpaired) electrons. The molecule has 1 aromatic carbocycles. The van der Waals surface area contributed by atoms with Gasteiger partial charge >= 0.3 is 0 Å². The minimum absolute atomic E-state index is 0.767. The maximum atomic E-state index is 5.94. The van der Waals surface area contributed by atoms with Gasteiger partial charge in [-0.15, -0.1) is 0 Å². The second-order valence-electron chi connectivity index (χ2n) is 5.72. The third-order valence-corrected chi connectivity index (χ3v) is 4.34. The Labute approximate surface area is 119 Å². The largest absolute Gasteiger partial charge is 0.399 e. The van der Waals surface area contributed by atoms with Gasteiger partial charge in [0.15, 0.2) is 0 Å². The van der Waals surface area contributed by atoms with Crippen LogP contribution in [0.25, 0.3) is 0 Å². The van der Waals surface area contributed by atoms with Crippen molar-refractivity contribution in [2.24, 2.45) is 11.8 Å². The predicted octanol–water partition coefficient (Wildman–Crippen LogP) is 4.08. The Kier molecular flexibility index (Phi) is 4.21. The van der Waals surface area contributed by atoms with E-state index in [1.807, 2.05) is 6.07 Å². The van der Waals surface area contributed by atoms with Gasteiger partial charge in [0.1, 0.15) is 0 Å². The van der Waals surface area contributed by atoms with Crippen LogP contribution in [-0.4, -0.2) is 13.1 Å². The number of rotatable bonds is 2. The van der Waals surface area contributed by atoms with Crippen LogP contribution in [0.2, 0.25) is 0 Å². The third-order valence-electron chi connectivity index (χ3n) is 3.73. The minimum Gasteiger partial charge on any atom is -0.399 e. The summed E-state index contributed by atoms with van der Waals surface area (Å²) in [6, 6.07) is 4.14. The first-order valence-electron chi connectivity index (χ1n) is 6.84. The maximum absolute atomic E-state index is 5.94. The first kappa shape index (κ1) is 13.7. The Balaban J connectivity index is 2.37. The lowest BCUT2D eigenvalue weighted by Gasteiger charge is -2.38. The molecule has 1 saturated heterocycles. The number of anilines is 2. The van der Waals surface area contributed by atoms with Crippen molar-refractivity contribution in [2.45, 2.75) is 33.6 Å². The Morgan fingerprint density at radius 1 is 1.28 bits per heavy atom. The lowest BCUT2D eigenvalue weighted by atomic mass is 9.91. The van der Waals surface area contributed by atoms with Crippen LogP contribution >= 0.6 is 15.9 Å². The molecule has 2 rings (SSSR count). The molecule has 0 aliphatic carbocycles. The van der Waals surface area contributed by atoms with Crippen LogP contribution in [0, 0.1) is 11.8 Å². The van der Waals surface area contributed by atoms with Crippen molar-refractivity contribution in [1.82, 2.24) is 0 Å². The van der Waals surface area contributed by atoms with E-state index in [0.29, 0.717) is 0 Å². The summed E-state index contributed by atoms with van der Waals surface area (Å²) in [5.74, 6) is 1.53. The zero-order valence-corrected chi connectivity index (χ0v) is 13.1. The molecule has 1 aliphatic rings. The summed E-state index contributed by atoms with van der Waals surface area (Å²) >= 11 is 3.69. The second-order valence-corrected chi connectivity index (χ2v) is 6.57. The highest BCUT2D eigenvalue weighted by Crippen LogP contribution is 2.36. The number of piperidine rings is 1. The van der Waals surface area contributed by atoms with Crippen LogP contribution in [0.5, 0.6) is 0 Å². The average molecular weight is 311 g/mol. The zero-order valence-electron chi connectivity index (χ0n) is 11.5. The number of hydrogen-bond acceptors (Lipinski definition) is 2. The number of nitrogens with zero attached hydrogens (tertiary/aromatic N) is 1. The molecule has 2 N–H and O–H groups in total. The molecule has 0 bridgehead atoms. The molecule has 0 unspecified atom stereocenters. The summed E-state index contributed by atoms with van der Waals surface area (Å²) < 4.78 is 1.14. The van der Waals surface area contributed by atoms with E-state index in [9.17, 15) is 0 Å². The van der Waals surface area contributed by atoms with Crippen LogP contribution in [0.3, 0.4) is 0 Å². The minimum atomic E-state index is 0.767. The summed E-state index contributed by atoms with van der Waals surface area (Å²) in [4.78, 5) is 2.53. The molecule has 1 aromatic rings. The Morgan fingerprint density at radius 3 is 2.44 bits per heavy atom. The standard InChI is InChI=1S/C15H23BrN2/c1-4-12-6-13(17)7-14(16)15(12)18-8-10(2)5-11(3)9-18/h6-7,10-11H,4-5,8-9,17H2,1-3H3/t10-,11+. The lowest BCUT2D eigenvalue weighted by molar-refractivity contribution is 0.356. The Bertz CT molecular complexity index is 421. The third kappa shape index (κ3) is 2.82. The van der Waals surface area contributed by atoms with Crippen molar-refractivity contribution in [3.8, 4) is 0 Å². The molecule has 100 valence electrons. The number of nitrogen functional groups attached to an aromatic ring is 1. The second kappa shape index (κ2) is 5.52. The highest BCUT2D eigenvalue weighted by Gasteiger charge is 2.24. The number of benzene rings is 1. The molecule has 2 nitrogen and oxygen atoms in total. The van der Waals surface area contributed by atoms with Gasteiger partial charge in [0.2, 0.25) is 0 Å². The SMILES string of the molecule is CCc1cc(N)cc(Br)c1N1C[C@H](C)C[C@H](C)C1. The van der Waals surface area contributed by atoms with E-state index < -0.39 is 0 Å². The Hall–Kier alpha value is -0.700. The molecule has 0 amide bonds. The molecule has 18 heavy (non-hydrogen) atoms. The van der Waals surface area contributed by atoms with Crippen molar-refractivity contribution >= 4 is 27.3 Å². The molecule has 1 heterocycles. The fourth-order valence-electron chi connectivity index (χ4n) is 3.15. The van der Waals surface area contributed by atoms with Crippen LogP contribution in [0.15, 0.2) is 16.6 Å². The molecule has 0 aromatic heterocycles. The first-order chi connectivity index (χ1) is 8.51. The van der Waals surface area contributed by atoms with E-state index in [1.165, 1.54) is 17.7 Å². The van der Waals surface area contributed by atoms with Crippen LogP contribution in [-0.2, 0) is 6.42 Å². The van der Waals surface area contributed by atoms with Gasteiger partial charge in [0.05, 0.1) is 5.69 Å². The molecule has 3 heteroatoms. The van der Waals surface area contributed by atoms with Crippen LogP contribution in [0.4, 0.5) is 11.4 Å². The number of halogens is 1. The molecule has 0 saturated carbocycles. The molecule has 2 atom stereocenters. The molecule has 1 fully saturated rings. The topological polar surface area (TPSA) is 29.3 Å². The summed E-state index contributed by atoms with van der Waals surface area (Å²) in [7, 11) is 0. The molecule has 0 spiro atoms. The molecule has 1 aliphatic heterocycles. The van der Waals surface area contributed by atoms with Gasteiger partial charge in [-0.25, -0.2) is 0 Å². The van der Waals surface area contributed by atoms with E-state index in [0.717, 1.165) is 41.5 Å². The van der Waals surface area contributed by atoms with E-state index in [4.69, 9.17) is 5.73 Å². The van der Waals surface area contributed by atoms with Crippen molar-refractivity contribution < 1.29 is 0 Å². The average Bonchev–Trinajstić information content (AvgIpc) is 2.26. The predicted molar refractivity (Wildman–Crippen MR) is 83.1 cm³/mol. The Morgan fingerprint density at radius 2 is 1.89 bits per heavy atom. The van der Waals surface area contributed by atoms with Gasteiger partial charge in [0.25, 0.3) is 0 Å². The summed E-state index contributed by atoms with van der Waals surface area (Å²) in [5, 5.41) is 0. The van der Waals surface area contributed by atoms with E-state index in [2.05, 4.69) is 47.7 Å². The summed E-state index contributed by atoms with van der Waals surface area (Å²) in [6.45, 7) is 9.19. The van der Waals surface area contributed by atoms with Crippen LogP contribution in [0.1, 0.15) is 32.8 Å². The normalized spacial score (nSPS) is 24.3. The van der Waals surface area contributed by atoms with Gasteiger partial charge in [-0.05, 0) is 58.3 Å². The van der Waals surface area contributed by atoms with Crippen molar-refractivity contribution in [3.05, 3.63) is 22.2 Å². The van der Waals surface area contributed by atoms with Gasteiger partial charge < -0.3 is 10.6 Å². The zero-order chi connectivity index (χ0) is 13.3. The number of hydrogen-bond donors (Lipinski definition) is 1. The lowest BCUT2D eigenvalue weighted by Crippen LogP contribution is -2.39. The van der Waals surface area contributed by atoms with E-state index in [-0.39, 0.29) is 0 Å². The molecular weight excluding hydrogens is 288 g/mol. The number of nitrogens with two attached hydrogens (primary N) is 1. The quantitative estimate of drug-likeness (QED) is 0.834.